The van der Waals surface area contributed by atoms with E-state index in [9.17, 15) is 5.26 Å². The van der Waals surface area contributed by atoms with Crippen LogP contribution >= 0.6 is 11.6 Å². The normalized spacial score (nSPS) is 10.5. The Labute approximate surface area is 126 Å². The van der Waals surface area contributed by atoms with Gasteiger partial charge in [-0.1, -0.05) is 16.8 Å². The first-order valence-corrected chi connectivity index (χ1v) is 6.72. The first kappa shape index (κ1) is 13.3. The Bertz CT molecular complexity index is 806. The average molecular weight is 299 g/mol. The fourth-order valence-electron chi connectivity index (χ4n) is 2.09. The van der Waals surface area contributed by atoms with Crippen LogP contribution in [0.3, 0.4) is 0 Å². The smallest absolute Gasteiger partial charge is 0.103 e. The third kappa shape index (κ3) is 2.78. The molecule has 0 saturated heterocycles. The number of pyridine rings is 1. The highest BCUT2D eigenvalue weighted by Gasteiger charge is 2.09. The van der Waals surface area contributed by atoms with Gasteiger partial charge in [-0.05, 0) is 18.2 Å². The largest absolute Gasteiger partial charge is 0.382 e. The van der Waals surface area contributed by atoms with Crippen molar-refractivity contribution in [3.63, 3.8) is 0 Å². The number of hydrogen-bond donors (Lipinski definition) is 1. The molecule has 7 heteroatoms. The van der Waals surface area contributed by atoms with E-state index in [2.05, 4.69) is 26.7 Å². The van der Waals surface area contributed by atoms with E-state index in [0.717, 1.165) is 16.6 Å². The Kier molecular flexibility index (Phi) is 3.67. The van der Waals surface area contributed by atoms with Gasteiger partial charge < -0.3 is 5.32 Å². The highest BCUT2D eigenvalue weighted by Crippen LogP contribution is 2.27. The van der Waals surface area contributed by atoms with E-state index in [0.29, 0.717) is 23.7 Å². The summed E-state index contributed by atoms with van der Waals surface area (Å²) in [7, 11) is 0. The molecule has 104 valence electrons. The molecule has 3 aromatic rings. The van der Waals surface area contributed by atoms with Gasteiger partial charge >= 0.3 is 0 Å². The molecule has 21 heavy (non-hydrogen) atoms. The minimum atomic E-state index is 0.489. The first-order chi connectivity index (χ1) is 10.3. The molecule has 0 fully saturated rings. The first-order valence-electron chi connectivity index (χ1n) is 6.34. The maximum Gasteiger partial charge on any atom is 0.103 e. The van der Waals surface area contributed by atoms with Gasteiger partial charge in [0.1, 0.15) is 6.07 Å². The number of nitriles is 1. The second-order valence-electron chi connectivity index (χ2n) is 4.41. The van der Waals surface area contributed by atoms with E-state index >= 15 is 0 Å². The number of rotatable bonds is 4. The van der Waals surface area contributed by atoms with Crippen LogP contribution in [0.2, 0.25) is 5.02 Å². The summed E-state index contributed by atoms with van der Waals surface area (Å²) in [5.41, 5.74) is 2.02. The zero-order valence-corrected chi connectivity index (χ0v) is 11.7. The van der Waals surface area contributed by atoms with Gasteiger partial charge in [0.2, 0.25) is 0 Å². The summed E-state index contributed by atoms with van der Waals surface area (Å²) in [6.45, 7) is 1.26. The lowest BCUT2D eigenvalue weighted by molar-refractivity contribution is 0.609. The Balaban J connectivity index is 1.91. The van der Waals surface area contributed by atoms with Crippen LogP contribution in [0.5, 0.6) is 0 Å². The molecule has 0 spiro atoms. The van der Waals surface area contributed by atoms with Crippen molar-refractivity contribution in [1.29, 1.82) is 5.26 Å². The highest BCUT2D eigenvalue weighted by atomic mass is 35.5. The number of nitrogens with zero attached hydrogens (tertiary/aromatic N) is 5. The van der Waals surface area contributed by atoms with Crippen molar-refractivity contribution in [1.82, 2.24) is 20.0 Å². The van der Waals surface area contributed by atoms with Gasteiger partial charge in [0.05, 0.1) is 29.5 Å². The van der Waals surface area contributed by atoms with E-state index in [1.165, 1.54) is 0 Å². The quantitative estimate of drug-likeness (QED) is 0.800. The minimum Gasteiger partial charge on any atom is -0.382 e. The summed E-state index contributed by atoms with van der Waals surface area (Å²) in [6, 6.07) is 7.57. The molecule has 0 aliphatic heterocycles. The molecule has 1 aromatic carbocycles. The van der Waals surface area contributed by atoms with E-state index in [1.54, 1.807) is 29.3 Å². The Morgan fingerprint density at radius 2 is 2.29 bits per heavy atom. The summed E-state index contributed by atoms with van der Waals surface area (Å²) in [5.74, 6) is 0. The van der Waals surface area contributed by atoms with Gasteiger partial charge in [0.25, 0.3) is 0 Å². The maximum absolute atomic E-state index is 9.24. The SMILES string of the molecule is N#Cc1cnc2ccc(Cl)cc2c1NCCn1ccnn1. The van der Waals surface area contributed by atoms with Gasteiger partial charge in [-0.15, -0.1) is 5.10 Å². The summed E-state index contributed by atoms with van der Waals surface area (Å²) in [5, 5.41) is 21.6. The van der Waals surface area contributed by atoms with Crippen LogP contribution in [-0.2, 0) is 6.54 Å². The second kappa shape index (κ2) is 5.77. The Hall–Kier alpha value is -2.65. The van der Waals surface area contributed by atoms with Crippen molar-refractivity contribution < 1.29 is 0 Å². The number of nitrogens with one attached hydrogen (secondary N) is 1. The number of anilines is 1. The zero-order chi connectivity index (χ0) is 14.7. The van der Waals surface area contributed by atoms with E-state index in [-0.39, 0.29) is 0 Å². The van der Waals surface area contributed by atoms with Crippen LogP contribution in [0.4, 0.5) is 5.69 Å². The fourth-order valence-corrected chi connectivity index (χ4v) is 2.26. The minimum absolute atomic E-state index is 0.489. The van der Waals surface area contributed by atoms with E-state index in [4.69, 9.17) is 11.6 Å². The van der Waals surface area contributed by atoms with Gasteiger partial charge in [-0.3, -0.25) is 9.67 Å². The van der Waals surface area contributed by atoms with Crippen molar-refractivity contribution >= 4 is 28.2 Å². The molecule has 3 rings (SSSR count). The molecule has 0 radical (unpaired) electrons. The fraction of sp³-hybridized carbons (Fsp3) is 0.143. The molecule has 0 saturated carbocycles. The molecule has 6 nitrogen and oxygen atoms in total. The van der Waals surface area contributed by atoms with Crippen molar-refractivity contribution in [3.8, 4) is 6.07 Å². The lowest BCUT2D eigenvalue weighted by Gasteiger charge is -2.11. The van der Waals surface area contributed by atoms with Gasteiger partial charge in [0.15, 0.2) is 0 Å². The monoisotopic (exact) mass is 298 g/mol. The maximum atomic E-state index is 9.24. The predicted octanol–water partition coefficient (Wildman–Crippen LogP) is 2.46. The highest BCUT2D eigenvalue weighted by molar-refractivity contribution is 6.31. The number of hydrogen-bond acceptors (Lipinski definition) is 5. The van der Waals surface area contributed by atoms with E-state index in [1.807, 2.05) is 12.1 Å². The zero-order valence-electron chi connectivity index (χ0n) is 11.0. The van der Waals surface area contributed by atoms with Crippen molar-refractivity contribution in [2.45, 2.75) is 6.54 Å². The molecule has 2 heterocycles. The summed E-state index contributed by atoms with van der Waals surface area (Å²) < 4.78 is 1.72. The van der Waals surface area contributed by atoms with Crippen LogP contribution in [0.25, 0.3) is 10.9 Å². The van der Waals surface area contributed by atoms with Crippen LogP contribution in [0.15, 0.2) is 36.8 Å². The number of fused-ring (bicyclic) bond motifs is 1. The second-order valence-corrected chi connectivity index (χ2v) is 4.85. The molecular weight excluding hydrogens is 288 g/mol. The number of aromatic nitrogens is 4. The molecular formula is C14H11ClN6. The molecule has 0 amide bonds. The predicted molar refractivity (Wildman–Crippen MR) is 80.0 cm³/mol. The van der Waals surface area contributed by atoms with Crippen molar-refractivity contribution in [2.75, 3.05) is 11.9 Å². The summed E-state index contributed by atoms with van der Waals surface area (Å²) >= 11 is 6.04. The molecule has 0 aliphatic rings. The van der Waals surface area contributed by atoms with Crippen LogP contribution < -0.4 is 5.32 Å². The van der Waals surface area contributed by atoms with Gasteiger partial charge in [-0.2, -0.15) is 5.26 Å². The topological polar surface area (TPSA) is 79.4 Å². The Morgan fingerprint density at radius 1 is 1.38 bits per heavy atom. The third-order valence-electron chi connectivity index (χ3n) is 3.07. The summed E-state index contributed by atoms with van der Waals surface area (Å²) in [4.78, 5) is 4.26. The summed E-state index contributed by atoms with van der Waals surface area (Å²) in [6.07, 6.45) is 4.98. The van der Waals surface area contributed by atoms with Gasteiger partial charge in [-0.25, -0.2) is 0 Å². The van der Waals surface area contributed by atoms with Crippen LogP contribution in [-0.4, -0.2) is 26.5 Å². The molecule has 0 unspecified atom stereocenters. The number of benzene rings is 1. The van der Waals surface area contributed by atoms with Crippen molar-refractivity contribution in [2.24, 2.45) is 0 Å². The van der Waals surface area contributed by atoms with Crippen LogP contribution in [0, 0.1) is 11.3 Å². The molecule has 2 aromatic heterocycles. The standard InChI is InChI=1S/C14H11ClN6/c15-11-1-2-13-12(7-11)14(10(8-16)9-18-13)17-3-5-21-6-4-19-20-21/h1-2,4,6-7,9H,3,5H2,(H,17,18). The Morgan fingerprint density at radius 3 is 3.05 bits per heavy atom. The third-order valence-corrected chi connectivity index (χ3v) is 3.30. The molecule has 0 atom stereocenters. The molecule has 0 bridgehead atoms. The lowest BCUT2D eigenvalue weighted by Crippen LogP contribution is -2.12. The van der Waals surface area contributed by atoms with Crippen LogP contribution in [0.1, 0.15) is 5.56 Å². The van der Waals surface area contributed by atoms with Gasteiger partial charge in [0, 0.05) is 29.3 Å². The molecule has 1 N–H and O–H groups in total. The van der Waals surface area contributed by atoms with Crippen molar-refractivity contribution in [3.05, 3.63) is 47.4 Å². The van der Waals surface area contributed by atoms with E-state index < -0.39 is 0 Å². The lowest BCUT2D eigenvalue weighted by atomic mass is 10.1. The molecule has 0 aliphatic carbocycles. The number of halogens is 1. The average Bonchev–Trinajstić information content (AvgIpc) is 3.00.